The molecule has 1 unspecified atom stereocenters. The number of hydrogen-bond donors (Lipinski definition) is 1. The van der Waals surface area contributed by atoms with Crippen molar-refractivity contribution in [2.45, 2.75) is 56.7 Å². The summed E-state index contributed by atoms with van der Waals surface area (Å²) in [6, 6.07) is 9.46. The van der Waals surface area contributed by atoms with Crippen molar-refractivity contribution in [1.82, 2.24) is 5.32 Å². The van der Waals surface area contributed by atoms with E-state index < -0.39 is 0 Å². The average molecular weight is 324 g/mol. The van der Waals surface area contributed by atoms with Crippen LogP contribution in [0.25, 0.3) is 0 Å². The maximum absolute atomic E-state index is 5.99. The molecule has 1 N–H and O–H groups in total. The lowest BCUT2D eigenvalue weighted by Crippen LogP contribution is -2.51. The molecule has 1 heterocycles. The van der Waals surface area contributed by atoms with Gasteiger partial charge in [-0.25, -0.2) is 0 Å². The summed E-state index contributed by atoms with van der Waals surface area (Å²) in [7, 11) is 0. The standard InChI is InChI=1S/C16H22BrNO/c1-12(14-5-2-3-6-15(14)17)18-13-7-10-19-16(11-13)8-4-9-16/h2-3,5-6,12-13,18H,4,7-11H2,1H3/t12-,13?/m0/s1. The van der Waals surface area contributed by atoms with Gasteiger partial charge in [-0.05, 0) is 50.7 Å². The lowest BCUT2D eigenvalue weighted by Gasteiger charge is -2.47. The molecule has 1 saturated carbocycles. The molecule has 1 aliphatic heterocycles. The second-order valence-corrected chi connectivity index (χ2v) is 6.84. The molecule has 3 rings (SSSR count). The van der Waals surface area contributed by atoms with Gasteiger partial charge in [0.05, 0.1) is 5.60 Å². The van der Waals surface area contributed by atoms with Crippen molar-refractivity contribution in [2.24, 2.45) is 0 Å². The summed E-state index contributed by atoms with van der Waals surface area (Å²) in [6.45, 7) is 3.17. The summed E-state index contributed by atoms with van der Waals surface area (Å²) in [6.07, 6.45) is 6.17. The SMILES string of the molecule is C[C@H](NC1CCOC2(CCC2)C1)c1ccccc1Br. The van der Waals surface area contributed by atoms with Crippen LogP contribution in [-0.4, -0.2) is 18.2 Å². The Morgan fingerprint density at radius 2 is 2.16 bits per heavy atom. The molecule has 1 saturated heterocycles. The zero-order valence-electron chi connectivity index (χ0n) is 11.5. The Kier molecular flexibility index (Phi) is 3.97. The van der Waals surface area contributed by atoms with Gasteiger partial charge in [-0.1, -0.05) is 34.1 Å². The van der Waals surface area contributed by atoms with Crippen molar-refractivity contribution in [3.05, 3.63) is 34.3 Å². The quantitative estimate of drug-likeness (QED) is 0.900. The lowest BCUT2D eigenvalue weighted by atomic mass is 9.74. The van der Waals surface area contributed by atoms with Gasteiger partial charge in [0.2, 0.25) is 0 Å². The van der Waals surface area contributed by atoms with Crippen molar-refractivity contribution in [1.29, 1.82) is 0 Å². The van der Waals surface area contributed by atoms with Gasteiger partial charge in [-0.3, -0.25) is 0 Å². The zero-order valence-corrected chi connectivity index (χ0v) is 13.1. The topological polar surface area (TPSA) is 21.3 Å². The highest BCUT2D eigenvalue weighted by Crippen LogP contribution is 2.42. The van der Waals surface area contributed by atoms with Crippen LogP contribution in [0.1, 0.15) is 50.6 Å². The molecule has 104 valence electrons. The smallest absolute Gasteiger partial charge is 0.0697 e. The molecular weight excluding hydrogens is 302 g/mol. The minimum atomic E-state index is 0.226. The highest BCUT2D eigenvalue weighted by Gasteiger charge is 2.42. The second kappa shape index (κ2) is 5.55. The fourth-order valence-corrected chi connectivity index (χ4v) is 3.99. The van der Waals surface area contributed by atoms with Gasteiger partial charge >= 0.3 is 0 Å². The van der Waals surface area contributed by atoms with E-state index in [1.165, 1.54) is 35.7 Å². The summed E-state index contributed by atoms with van der Waals surface area (Å²) in [5.74, 6) is 0. The van der Waals surface area contributed by atoms with Gasteiger partial charge in [0.15, 0.2) is 0 Å². The van der Waals surface area contributed by atoms with E-state index in [0.29, 0.717) is 12.1 Å². The van der Waals surface area contributed by atoms with E-state index in [1.54, 1.807) is 0 Å². The summed E-state index contributed by atoms with van der Waals surface area (Å²) >= 11 is 3.64. The first-order chi connectivity index (χ1) is 9.19. The maximum atomic E-state index is 5.99. The van der Waals surface area contributed by atoms with Crippen molar-refractivity contribution in [3.63, 3.8) is 0 Å². The molecule has 0 radical (unpaired) electrons. The van der Waals surface area contributed by atoms with E-state index in [2.05, 4.69) is 52.4 Å². The summed E-state index contributed by atoms with van der Waals surface area (Å²) in [5, 5.41) is 3.79. The van der Waals surface area contributed by atoms with Crippen LogP contribution in [-0.2, 0) is 4.74 Å². The van der Waals surface area contributed by atoms with Crippen LogP contribution < -0.4 is 5.32 Å². The number of halogens is 1. The molecule has 2 fully saturated rings. The third-order valence-corrected chi connectivity index (χ3v) is 5.34. The Hall–Kier alpha value is -0.380. The van der Waals surface area contributed by atoms with E-state index in [0.717, 1.165) is 13.0 Å². The fraction of sp³-hybridized carbons (Fsp3) is 0.625. The molecule has 1 aromatic rings. The van der Waals surface area contributed by atoms with Gasteiger partial charge in [-0.2, -0.15) is 0 Å². The van der Waals surface area contributed by atoms with Crippen molar-refractivity contribution in [2.75, 3.05) is 6.61 Å². The minimum Gasteiger partial charge on any atom is -0.375 e. The lowest BCUT2D eigenvalue weighted by molar-refractivity contribution is -0.136. The molecule has 19 heavy (non-hydrogen) atoms. The predicted octanol–water partition coefficient (Wildman–Crippen LogP) is 4.20. The monoisotopic (exact) mass is 323 g/mol. The average Bonchev–Trinajstić information content (AvgIpc) is 2.37. The van der Waals surface area contributed by atoms with Gasteiger partial charge in [-0.15, -0.1) is 0 Å². The molecule has 1 spiro atoms. The Morgan fingerprint density at radius 1 is 1.37 bits per heavy atom. The summed E-state index contributed by atoms with van der Waals surface area (Å²) in [4.78, 5) is 0. The molecular formula is C16H22BrNO. The number of nitrogens with one attached hydrogen (secondary N) is 1. The van der Waals surface area contributed by atoms with Crippen molar-refractivity contribution < 1.29 is 4.74 Å². The molecule has 3 heteroatoms. The Bertz CT molecular complexity index is 444. The molecule has 2 atom stereocenters. The van der Waals surface area contributed by atoms with Gasteiger partial charge in [0.25, 0.3) is 0 Å². The number of ether oxygens (including phenoxy) is 1. The van der Waals surface area contributed by atoms with Crippen LogP contribution in [0.3, 0.4) is 0 Å². The van der Waals surface area contributed by atoms with E-state index in [-0.39, 0.29) is 5.60 Å². The molecule has 0 bridgehead atoms. The fourth-order valence-electron chi connectivity index (χ4n) is 3.36. The van der Waals surface area contributed by atoms with Gasteiger partial charge < -0.3 is 10.1 Å². The first-order valence-electron chi connectivity index (χ1n) is 7.33. The van der Waals surface area contributed by atoms with E-state index in [4.69, 9.17) is 4.74 Å². The normalized spacial score (nSPS) is 26.9. The minimum absolute atomic E-state index is 0.226. The molecule has 0 amide bonds. The number of benzene rings is 1. The van der Waals surface area contributed by atoms with Crippen LogP contribution >= 0.6 is 15.9 Å². The van der Waals surface area contributed by atoms with Crippen LogP contribution in [0.5, 0.6) is 0 Å². The number of hydrogen-bond acceptors (Lipinski definition) is 2. The van der Waals surface area contributed by atoms with Crippen LogP contribution in [0.2, 0.25) is 0 Å². The van der Waals surface area contributed by atoms with Gasteiger partial charge in [0, 0.05) is 23.2 Å². The predicted molar refractivity (Wildman–Crippen MR) is 81.2 cm³/mol. The van der Waals surface area contributed by atoms with Gasteiger partial charge in [0.1, 0.15) is 0 Å². The second-order valence-electron chi connectivity index (χ2n) is 5.98. The summed E-state index contributed by atoms with van der Waals surface area (Å²) < 4.78 is 7.19. The molecule has 0 aromatic heterocycles. The Balaban J connectivity index is 1.63. The molecule has 2 nitrogen and oxygen atoms in total. The van der Waals surface area contributed by atoms with Crippen molar-refractivity contribution in [3.8, 4) is 0 Å². The summed E-state index contributed by atoms with van der Waals surface area (Å²) in [5.41, 5.74) is 1.57. The Labute approximate surface area is 124 Å². The largest absolute Gasteiger partial charge is 0.375 e. The first-order valence-corrected chi connectivity index (χ1v) is 8.12. The van der Waals surface area contributed by atoms with Crippen LogP contribution in [0.4, 0.5) is 0 Å². The van der Waals surface area contributed by atoms with E-state index in [1.807, 2.05) is 0 Å². The highest BCUT2D eigenvalue weighted by atomic mass is 79.9. The van der Waals surface area contributed by atoms with Crippen LogP contribution in [0.15, 0.2) is 28.7 Å². The van der Waals surface area contributed by atoms with Crippen molar-refractivity contribution >= 4 is 15.9 Å². The molecule has 1 aliphatic carbocycles. The molecule has 2 aliphatic rings. The third kappa shape index (κ3) is 2.88. The van der Waals surface area contributed by atoms with E-state index >= 15 is 0 Å². The highest BCUT2D eigenvalue weighted by molar-refractivity contribution is 9.10. The Morgan fingerprint density at radius 3 is 2.84 bits per heavy atom. The zero-order chi connectivity index (χ0) is 13.3. The molecule has 1 aromatic carbocycles. The number of rotatable bonds is 3. The van der Waals surface area contributed by atoms with E-state index in [9.17, 15) is 0 Å². The first kappa shape index (κ1) is 13.6. The maximum Gasteiger partial charge on any atom is 0.0697 e. The third-order valence-electron chi connectivity index (χ3n) is 4.62. The van der Waals surface area contributed by atoms with Crippen LogP contribution in [0, 0.1) is 0 Å².